The molecule has 1 aliphatic rings. The Kier molecular flexibility index (Phi) is 5.71. The second-order valence-corrected chi connectivity index (χ2v) is 4.88. The number of carbonyl (C=O) groups is 1. The van der Waals surface area contributed by atoms with Crippen molar-refractivity contribution in [3.8, 4) is 0 Å². The molecule has 3 atom stereocenters. The second kappa shape index (κ2) is 6.81. The standard InChI is InChI=1S/C12H24N2O3/c1-9(5-4-6-15)13-12(16)14-7-10(2)17-11(3)8-14/h9-11,15H,4-8H2,1-3H3,(H,13,16). The normalized spacial score (nSPS) is 26.7. The third-order valence-corrected chi connectivity index (χ3v) is 2.87. The Hall–Kier alpha value is -0.810. The monoisotopic (exact) mass is 244 g/mol. The molecule has 0 spiro atoms. The molecule has 0 aromatic rings. The SMILES string of the molecule is CC(CCCO)NC(=O)N1CC(C)OC(C)C1. The fourth-order valence-electron chi connectivity index (χ4n) is 2.12. The summed E-state index contributed by atoms with van der Waals surface area (Å²) in [6, 6.07) is 0.0700. The molecule has 2 amide bonds. The van der Waals surface area contributed by atoms with E-state index in [1.165, 1.54) is 0 Å². The quantitative estimate of drug-likeness (QED) is 0.774. The number of carbonyl (C=O) groups excluding carboxylic acids is 1. The maximum absolute atomic E-state index is 12.0. The van der Waals surface area contributed by atoms with Gasteiger partial charge in [0.2, 0.25) is 0 Å². The van der Waals surface area contributed by atoms with E-state index in [9.17, 15) is 4.79 Å². The predicted molar refractivity (Wildman–Crippen MR) is 65.9 cm³/mol. The molecule has 1 heterocycles. The fourth-order valence-corrected chi connectivity index (χ4v) is 2.12. The largest absolute Gasteiger partial charge is 0.396 e. The van der Waals surface area contributed by atoms with Gasteiger partial charge in [-0.25, -0.2) is 4.79 Å². The van der Waals surface area contributed by atoms with Crippen LogP contribution in [0, 0.1) is 0 Å². The summed E-state index contributed by atoms with van der Waals surface area (Å²) in [6.07, 6.45) is 1.71. The zero-order chi connectivity index (χ0) is 12.8. The molecule has 100 valence electrons. The predicted octanol–water partition coefficient (Wildman–Crippen LogP) is 0.966. The topological polar surface area (TPSA) is 61.8 Å². The molecule has 0 aliphatic carbocycles. The van der Waals surface area contributed by atoms with Crippen molar-refractivity contribution in [2.75, 3.05) is 19.7 Å². The first-order chi connectivity index (χ1) is 8.02. The summed E-state index contributed by atoms with van der Waals surface area (Å²) < 4.78 is 5.58. The number of morpholine rings is 1. The second-order valence-electron chi connectivity index (χ2n) is 4.88. The zero-order valence-corrected chi connectivity index (χ0v) is 11.0. The van der Waals surface area contributed by atoms with E-state index in [0.717, 1.165) is 12.8 Å². The summed E-state index contributed by atoms with van der Waals surface area (Å²) >= 11 is 0. The molecule has 1 fully saturated rings. The van der Waals surface area contributed by atoms with E-state index < -0.39 is 0 Å². The lowest BCUT2D eigenvalue weighted by Gasteiger charge is -2.35. The lowest BCUT2D eigenvalue weighted by molar-refractivity contribution is -0.0547. The van der Waals surface area contributed by atoms with Gasteiger partial charge in [0, 0.05) is 25.7 Å². The summed E-state index contributed by atoms with van der Waals surface area (Å²) in [5.74, 6) is 0. The molecule has 1 aliphatic heterocycles. The van der Waals surface area contributed by atoms with Crippen LogP contribution < -0.4 is 5.32 Å². The molecule has 0 aromatic heterocycles. The van der Waals surface area contributed by atoms with E-state index in [1.807, 2.05) is 20.8 Å². The van der Waals surface area contributed by atoms with E-state index in [4.69, 9.17) is 9.84 Å². The number of rotatable bonds is 4. The number of urea groups is 1. The Bertz CT molecular complexity index is 238. The van der Waals surface area contributed by atoms with Gasteiger partial charge in [-0.05, 0) is 33.6 Å². The molecule has 5 nitrogen and oxygen atoms in total. The highest BCUT2D eigenvalue weighted by Crippen LogP contribution is 2.11. The van der Waals surface area contributed by atoms with Gasteiger partial charge < -0.3 is 20.1 Å². The lowest BCUT2D eigenvalue weighted by Crippen LogP contribution is -2.53. The first kappa shape index (κ1) is 14.3. The summed E-state index contributed by atoms with van der Waals surface area (Å²) in [4.78, 5) is 13.8. The van der Waals surface area contributed by atoms with Gasteiger partial charge in [0.1, 0.15) is 0 Å². The molecule has 17 heavy (non-hydrogen) atoms. The van der Waals surface area contributed by atoms with Gasteiger partial charge >= 0.3 is 6.03 Å². The van der Waals surface area contributed by atoms with E-state index in [-0.39, 0.29) is 30.9 Å². The fraction of sp³-hybridized carbons (Fsp3) is 0.917. The molecule has 1 rings (SSSR count). The van der Waals surface area contributed by atoms with Gasteiger partial charge in [0.05, 0.1) is 12.2 Å². The first-order valence-corrected chi connectivity index (χ1v) is 6.34. The number of amides is 2. The van der Waals surface area contributed by atoms with Crippen LogP contribution >= 0.6 is 0 Å². The Balaban J connectivity index is 2.36. The average molecular weight is 244 g/mol. The first-order valence-electron chi connectivity index (χ1n) is 6.34. The Morgan fingerprint density at radius 2 is 2.06 bits per heavy atom. The summed E-state index contributed by atoms with van der Waals surface area (Å²) in [5.41, 5.74) is 0. The zero-order valence-electron chi connectivity index (χ0n) is 11.0. The minimum Gasteiger partial charge on any atom is -0.396 e. The van der Waals surface area contributed by atoms with Gasteiger partial charge in [-0.15, -0.1) is 0 Å². The molecule has 5 heteroatoms. The van der Waals surface area contributed by atoms with Crippen molar-refractivity contribution in [1.29, 1.82) is 0 Å². The summed E-state index contributed by atoms with van der Waals surface area (Å²) in [7, 11) is 0. The van der Waals surface area contributed by atoms with Gasteiger partial charge in [-0.3, -0.25) is 0 Å². The van der Waals surface area contributed by atoms with Crippen LogP contribution in [0.4, 0.5) is 4.79 Å². The van der Waals surface area contributed by atoms with Crippen LogP contribution in [0.5, 0.6) is 0 Å². The van der Waals surface area contributed by atoms with E-state index in [0.29, 0.717) is 13.1 Å². The van der Waals surface area contributed by atoms with Gasteiger partial charge in [-0.1, -0.05) is 0 Å². The van der Waals surface area contributed by atoms with Crippen molar-refractivity contribution < 1.29 is 14.6 Å². The minimum absolute atomic E-state index is 0.0301. The van der Waals surface area contributed by atoms with E-state index >= 15 is 0 Å². The van der Waals surface area contributed by atoms with Crippen LogP contribution in [0.15, 0.2) is 0 Å². The highest BCUT2D eigenvalue weighted by atomic mass is 16.5. The van der Waals surface area contributed by atoms with Crippen molar-refractivity contribution in [2.24, 2.45) is 0 Å². The smallest absolute Gasteiger partial charge is 0.317 e. The highest BCUT2D eigenvalue weighted by Gasteiger charge is 2.26. The highest BCUT2D eigenvalue weighted by molar-refractivity contribution is 5.74. The molecular weight excluding hydrogens is 220 g/mol. The minimum atomic E-state index is -0.0301. The third-order valence-electron chi connectivity index (χ3n) is 2.87. The van der Waals surface area contributed by atoms with Crippen molar-refractivity contribution in [3.05, 3.63) is 0 Å². The van der Waals surface area contributed by atoms with Crippen molar-refractivity contribution >= 4 is 6.03 Å². The Morgan fingerprint density at radius 3 is 2.59 bits per heavy atom. The molecule has 3 unspecified atom stereocenters. The number of hydrogen-bond donors (Lipinski definition) is 2. The molecule has 0 bridgehead atoms. The summed E-state index contributed by atoms with van der Waals surface area (Å²) in [6.45, 7) is 7.37. The maximum atomic E-state index is 12.0. The number of aliphatic hydroxyl groups excluding tert-OH is 1. The number of hydrogen-bond acceptors (Lipinski definition) is 3. The van der Waals surface area contributed by atoms with E-state index in [1.54, 1.807) is 4.90 Å². The molecular formula is C12H24N2O3. The van der Waals surface area contributed by atoms with Crippen LogP contribution in [0.2, 0.25) is 0 Å². The number of nitrogens with zero attached hydrogens (tertiary/aromatic N) is 1. The molecule has 2 N–H and O–H groups in total. The number of ether oxygens (including phenoxy) is 1. The van der Waals surface area contributed by atoms with Gasteiger partial charge in [0.15, 0.2) is 0 Å². The Labute approximate surface area is 103 Å². The number of aliphatic hydroxyl groups is 1. The maximum Gasteiger partial charge on any atom is 0.317 e. The van der Waals surface area contributed by atoms with Crippen LogP contribution in [0.25, 0.3) is 0 Å². The van der Waals surface area contributed by atoms with Crippen molar-refractivity contribution in [3.63, 3.8) is 0 Å². The lowest BCUT2D eigenvalue weighted by atomic mass is 10.2. The van der Waals surface area contributed by atoms with E-state index in [2.05, 4.69) is 5.32 Å². The molecule has 0 aromatic carbocycles. The molecule has 0 radical (unpaired) electrons. The van der Waals surface area contributed by atoms with Gasteiger partial charge in [0.25, 0.3) is 0 Å². The molecule has 1 saturated heterocycles. The van der Waals surface area contributed by atoms with Crippen LogP contribution in [-0.4, -0.2) is 54.0 Å². The molecule has 0 saturated carbocycles. The van der Waals surface area contributed by atoms with Crippen molar-refractivity contribution in [1.82, 2.24) is 10.2 Å². The average Bonchev–Trinajstić information content (AvgIpc) is 2.25. The van der Waals surface area contributed by atoms with Crippen LogP contribution in [0.1, 0.15) is 33.6 Å². The Morgan fingerprint density at radius 1 is 1.47 bits per heavy atom. The third kappa shape index (κ3) is 4.91. The van der Waals surface area contributed by atoms with Crippen molar-refractivity contribution in [2.45, 2.75) is 51.9 Å². The number of nitrogens with one attached hydrogen (secondary N) is 1. The van der Waals surface area contributed by atoms with Crippen LogP contribution in [-0.2, 0) is 4.74 Å². The summed E-state index contributed by atoms with van der Waals surface area (Å²) in [5, 5.41) is 11.7. The van der Waals surface area contributed by atoms with Gasteiger partial charge in [-0.2, -0.15) is 0 Å². The van der Waals surface area contributed by atoms with Crippen LogP contribution in [0.3, 0.4) is 0 Å².